The maximum Gasteiger partial charge on any atom is 0.0670 e. The Bertz CT molecular complexity index is 305. The number of piperidine rings is 1. The lowest BCUT2D eigenvalue weighted by Crippen LogP contribution is -2.62. The van der Waals surface area contributed by atoms with Crippen LogP contribution in [0.4, 0.5) is 0 Å². The third-order valence-corrected chi connectivity index (χ3v) is 5.36. The van der Waals surface area contributed by atoms with Crippen LogP contribution in [0.1, 0.15) is 52.9 Å². The average molecular weight is 284 g/mol. The summed E-state index contributed by atoms with van der Waals surface area (Å²) in [6, 6.07) is 0. The summed E-state index contributed by atoms with van der Waals surface area (Å²) in [5.74, 6) is 0. The molecule has 2 N–H and O–H groups in total. The molecular formula is C16H32N2O2. The second-order valence-electron chi connectivity index (χ2n) is 6.65. The zero-order valence-electron chi connectivity index (χ0n) is 13.5. The van der Waals surface area contributed by atoms with E-state index >= 15 is 0 Å². The maximum absolute atomic E-state index is 6.21. The molecule has 0 aliphatic carbocycles. The van der Waals surface area contributed by atoms with Crippen molar-refractivity contribution in [2.45, 2.75) is 70.1 Å². The molecule has 0 amide bonds. The first-order chi connectivity index (χ1) is 9.57. The quantitative estimate of drug-likeness (QED) is 0.840. The van der Waals surface area contributed by atoms with Crippen LogP contribution in [0, 0.1) is 0 Å². The largest absolute Gasteiger partial charge is 0.378 e. The fourth-order valence-corrected chi connectivity index (χ4v) is 3.86. The lowest BCUT2D eigenvalue weighted by molar-refractivity contribution is -0.137. The molecule has 2 heterocycles. The summed E-state index contributed by atoms with van der Waals surface area (Å²) in [6.45, 7) is 11.2. The summed E-state index contributed by atoms with van der Waals surface area (Å²) >= 11 is 0. The molecule has 0 saturated carbocycles. The molecule has 118 valence electrons. The van der Waals surface area contributed by atoms with E-state index in [1.54, 1.807) is 0 Å². The van der Waals surface area contributed by atoms with Crippen molar-refractivity contribution in [3.8, 4) is 0 Å². The molecule has 20 heavy (non-hydrogen) atoms. The van der Waals surface area contributed by atoms with E-state index < -0.39 is 0 Å². The van der Waals surface area contributed by atoms with Crippen molar-refractivity contribution in [3.05, 3.63) is 0 Å². The van der Waals surface area contributed by atoms with Crippen LogP contribution in [0.2, 0.25) is 0 Å². The number of nitrogens with two attached hydrogens (primary N) is 1. The van der Waals surface area contributed by atoms with Gasteiger partial charge in [-0.25, -0.2) is 0 Å². The van der Waals surface area contributed by atoms with Crippen LogP contribution >= 0.6 is 0 Å². The second kappa shape index (κ2) is 6.73. The average Bonchev–Trinajstić information content (AvgIpc) is 2.48. The monoisotopic (exact) mass is 284 g/mol. The van der Waals surface area contributed by atoms with E-state index in [0.29, 0.717) is 6.10 Å². The van der Waals surface area contributed by atoms with Gasteiger partial charge < -0.3 is 15.2 Å². The molecule has 2 unspecified atom stereocenters. The first-order valence-electron chi connectivity index (χ1n) is 8.28. The van der Waals surface area contributed by atoms with Crippen LogP contribution < -0.4 is 5.73 Å². The highest BCUT2D eigenvalue weighted by molar-refractivity contribution is 5.01. The molecule has 0 aromatic rings. The molecule has 2 aliphatic rings. The Morgan fingerprint density at radius 3 is 2.55 bits per heavy atom. The van der Waals surface area contributed by atoms with Crippen LogP contribution in [0.25, 0.3) is 0 Å². The molecule has 0 aromatic heterocycles. The molecule has 0 aromatic carbocycles. The van der Waals surface area contributed by atoms with Crippen molar-refractivity contribution >= 4 is 0 Å². The van der Waals surface area contributed by atoms with Crippen molar-refractivity contribution < 1.29 is 9.47 Å². The highest BCUT2D eigenvalue weighted by atomic mass is 16.5. The molecule has 0 bridgehead atoms. The number of likely N-dealkylation sites (tertiary alicyclic amines) is 1. The van der Waals surface area contributed by atoms with Crippen LogP contribution in [0.5, 0.6) is 0 Å². The van der Waals surface area contributed by atoms with E-state index in [1.807, 2.05) is 0 Å². The predicted molar refractivity (Wildman–Crippen MR) is 81.9 cm³/mol. The van der Waals surface area contributed by atoms with Gasteiger partial charge in [0.2, 0.25) is 0 Å². The minimum Gasteiger partial charge on any atom is -0.378 e. The Balaban J connectivity index is 2.01. The minimum atomic E-state index is -0.00557. The van der Waals surface area contributed by atoms with E-state index in [-0.39, 0.29) is 11.1 Å². The van der Waals surface area contributed by atoms with Gasteiger partial charge in [-0.15, -0.1) is 0 Å². The molecule has 2 aliphatic heterocycles. The lowest BCUT2D eigenvalue weighted by atomic mass is 9.77. The van der Waals surface area contributed by atoms with Gasteiger partial charge in [0.05, 0.1) is 11.7 Å². The van der Waals surface area contributed by atoms with Gasteiger partial charge >= 0.3 is 0 Å². The summed E-state index contributed by atoms with van der Waals surface area (Å²) in [5.41, 5.74) is 6.34. The molecule has 4 heteroatoms. The zero-order chi connectivity index (χ0) is 14.6. The lowest BCUT2D eigenvalue weighted by Gasteiger charge is -2.53. The Kier molecular flexibility index (Phi) is 5.46. The normalized spacial score (nSPS) is 37.2. The summed E-state index contributed by atoms with van der Waals surface area (Å²) in [7, 11) is 0. The Morgan fingerprint density at radius 1 is 1.30 bits per heavy atom. The summed E-state index contributed by atoms with van der Waals surface area (Å²) in [5, 5.41) is 0. The van der Waals surface area contributed by atoms with Crippen molar-refractivity contribution in [1.29, 1.82) is 0 Å². The van der Waals surface area contributed by atoms with Gasteiger partial charge in [0.25, 0.3) is 0 Å². The second-order valence-corrected chi connectivity index (χ2v) is 6.65. The van der Waals surface area contributed by atoms with Gasteiger partial charge in [0.1, 0.15) is 0 Å². The van der Waals surface area contributed by atoms with E-state index in [9.17, 15) is 0 Å². The van der Waals surface area contributed by atoms with Crippen LogP contribution in [-0.4, -0.2) is 55.0 Å². The van der Waals surface area contributed by atoms with Crippen LogP contribution in [0.15, 0.2) is 0 Å². The Hall–Kier alpha value is -0.160. The maximum atomic E-state index is 6.21. The fourth-order valence-electron chi connectivity index (χ4n) is 3.86. The third kappa shape index (κ3) is 3.35. The standard InChI is InChI=1S/C16H32N2O2/c1-4-15(3)12-16(13-17,8-11-20-15)18-9-6-14(7-10-18)19-5-2/h14H,4-13,17H2,1-3H3. The van der Waals surface area contributed by atoms with E-state index in [1.165, 1.54) is 0 Å². The van der Waals surface area contributed by atoms with Crippen molar-refractivity contribution in [1.82, 2.24) is 4.90 Å². The van der Waals surface area contributed by atoms with Gasteiger partial charge in [-0.3, -0.25) is 4.90 Å². The molecule has 0 spiro atoms. The van der Waals surface area contributed by atoms with Gasteiger partial charge in [-0.1, -0.05) is 6.92 Å². The molecular weight excluding hydrogens is 252 g/mol. The number of hydrogen-bond acceptors (Lipinski definition) is 4. The summed E-state index contributed by atoms with van der Waals surface area (Å²) in [4.78, 5) is 2.62. The van der Waals surface area contributed by atoms with E-state index in [0.717, 1.165) is 65.0 Å². The molecule has 0 radical (unpaired) electrons. The number of hydrogen-bond donors (Lipinski definition) is 1. The fraction of sp³-hybridized carbons (Fsp3) is 1.00. The number of ether oxygens (including phenoxy) is 2. The van der Waals surface area contributed by atoms with E-state index in [4.69, 9.17) is 15.2 Å². The van der Waals surface area contributed by atoms with Crippen molar-refractivity contribution in [2.24, 2.45) is 5.73 Å². The predicted octanol–water partition coefficient (Wildman–Crippen LogP) is 2.16. The highest BCUT2D eigenvalue weighted by Gasteiger charge is 2.46. The molecule has 4 nitrogen and oxygen atoms in total. The van der Waals surface area contributed by atoms with Crippen LogP contribution in [0.3, 0.4) is 0 Å². The summed E-state index contributed by atoms with van der Waals surface area (Å²) < 4.78 is 11.8. The number of nitrogens with zero attached hydrogens (tertiary/aromatic N) is 1. The third-order valence-electron chi connectivity index (χ3n) is 5.36. The molecule has 2 atom stereocenters. The van der Waals surface area contributed by atoms with Gasteiger partial charge in [0, 0.05) is 38.4 Å². The summed E-state index contributed by atoms with van der Waals surface area (Å²) in [6.07, 6.45) is 5.91. The molecule has 2 rings (SSSR count). The first kappa shape index (κ1) is 16.2. The van der Waals surface area contributed by atoms with Crippen molar-refractivity contribution in [2.75, 3.05) is 32.8 Å². The zero-order valence-corrected chi connectivity index (χ0v) is 13.5. The Morgan fingerprint density at radius 2 is 2.00 bits per heavy atom. The van der Waals surface area contributed by atoms with Gasteiger partial charge in [0.15, 0.2) is 0 Å². The SMILES string of the molecule is CCOC1CCN(C2(CN)CCOC(C)(CC)C2)CC1. The van der Waals surface area contributed by atoms with Crippen molar-refractivity contribution in [3.63, 3.8) is 0 Å². The molecule has 2 saturated heterocycles. The molecule has 2 fully saturated rings. The topological polar surface area (TPSA) is 47.7 Å². The van der Waals surface area contributed by atoms with Gasteiger partial charge in [-0.05, 0) is 46.0 Å². The smallest absolute Gasteiger partial charge is 0.0670 e. The highest BCUT2D eigenvalue weighted by Crippen LogP contribution is 2.39. The first-order valence-corrected chi connectivity index (χ1v) is 8.28. The van der Waals surface area contributed by atoms with E-state index in [2.05, 4.69) is 25.7 Å². The number of rotatable bonds is 5. The Labute approximate surface area is 124 Å². The van der Waals surface area contributed by atoms with Crippen LogP contribution in [-0.2, 0) is 9.47 Å². The minimum absolute atomic E-state index is 0.00557. The van der Waals surface area contributed by atoms with Gasteiger partial charge in [-0.2, -0.15) is 0 Å².